The second-order valence-electron chi connectivity index (χ2n) is 5.53. The molecule has 21 heavy (non-hydrogen) atoms. The van der Waals surface area contributed by atoms with Crippen LogP contribution in [-0.4, -0.2) is 7.11 Å². The normalized spacial score (nSPS) is 18.3. The number of fused-ring (bicyclic) bond motifs is 1. The predicted octanol–water partition coefficient (Wildman–Crippen LogP) is 4.80. The minimum atomic E-state index is 0.260. The Morgan fingerprint density at radius 2 is 2.00 bits per heavy atom. The van der Waals surface area contributed by atoms with Crippen molar-refractivity contribution in [1.29, 1.82) is 0 Å². The van der Waals surface area contributed by atoms with E-state index in [2.05, 4.69) is 58.5 Å². The Kier molecular flexibility index (Phi) is 4.32. The highest BCUT2D eigenvalue weighted by molar-refractivity contribution is 9.10. The molecule has 0 fully saturated rings. The fraction of sp³-hybridized carbons (Fsp3) is 0.333. The molecule has 1 aliphatic carbocycles. The maximum atomic E-state index is 5.47. The lowest BCUT2D eigenvalue weighted by atomic mass is 10.0. The molecule has 0 aromatic heterocycles. The first-order chi connectivity index (χ1) is 10.2. The van der Waals surface area contributed by atoms with E-state index in [1.807, 2.05) is 12.1 Å². The van der Waals surface area contributed by atoms with Crippen molar-refractivity contribution in [1.82, 2.24) is 5.32 Å². The Morgan fingerprint density at radius 3 is 2.81 bits per heavy atom. The van der Waals surface area contributed by atoms with Gasteiger partial charge in [-0.3, -0.25) is 0 Å². The van der Waals surface area contributed by atoms with Crippen molar-refractivity contribution < 1.29 is 4.74 Å². The van der Waals surface area contributed by atoms with Crippen LogP contribution < -0.4 is 10.1 Å². The first-order valence-corrected chi connectivity index (χ1v) is 8.16. The van der Waals surface area contributed by atoms with Crippen molar-refractivity contribution in [3.05, 3.63) is 63.6 Å². The number of hydrogen-bond acceptors (Lipinski definition) is 2. The zero-order valence-corrected chi connectivity index (χ0v) is 14.0. The SMILES string of the molecule is COc1ccccc1[C@@H](C)NC1CCc2c(Br)cccc21. The maximum absolute atomic E-state index is 5.47. The van der Waals surface area contributed by atoms with Crippen LogP contribution in [0.4, 0.5) is 0 Å². The molecule has 0 saturated heterocycles. The van der Waals surface area contributed by atoms with Crippen molar-refractivity contribution in [2.75, 3.05) is 7.11 Å². The number of methoxy groups -OCH3 is 1. The molecule has 110 valence electrons. The number of benzene rings is 2. The summed E-state index contributed by atoms with van der Waals surface area (Å²) in [6.07, 6.45) is 2.28. The summed E-state index contributed by atoms with van der Waals surface area (Å²) >= 11 is 3.66. The quantitative estimate of drug-likeness (QED) is 0.859. The Hall–Kier alpha value is -1.32. The van der Waals surface area contributed by atoms with Gasteiger partial charge in [0.25, 0.3) is 0 Å². The van der Waals surface area contributed by atoms with Gasteiger partial charge in [-0.15, -0.1) is 0 Å². The summed E-state index contributed by atoms with van der Waals surface area (Å²) in [7, 11) is 1.73. The lowest BCUT2D eigenvalue weighted by molar-refractivity contribution is 0.393. The second-order valence-corrected chi connectivity index (χ2v) is 6.38. The van der Waals surface area contributed by atoms with Gasteiger partial charge in [0.15, 0.2) is 0 Å². The van der Waals surface area contributed by atoms with Crippen LogP contribution >= 0.6 is 15.9 Å². The van der Waals surface area contributed by atoms with Crippen molar-refractivity contribution in [3.63, 3.8) is 0 Å². The Balaban J connectivity index is 1.81. The average molecular weight is 346 g/mol. The molecular formula is C18H20BrNO. The zero-order chi connectivity index (χ0) is 14.8. The van der Waals surface area contributed by atoms with E-state index in [1.165, 1.54) is 21.2 Å². The molecule has 0 amide bonds. The van der Waals surface area contributed by atoms with Gasteiger partial charge < -0.3 is 10.1 Å². The monoisotopic (exact) mass is 345 g/mol. The van der Waals surface area contributed by atoms with Gasteiger partial charge in [-0.1, -0.05) is 46.3 Å². The standard InChI is InChI=1S/C18H20BrNO/c1-12(13-6-3-4-9-18(13)21-2)20-17-11-10-14-15(17)7-5-8-16(14)19/h3-9,12,17,20H,10-11H2,1-2H3/t12-,17?/m1/s1. The number of hydrogen-bond donors (Lipinski definition) is 1. The van der Waals surface area contributed by atoms with Crippen LogP contribution in [0.2, 0.25) is 0 Å². The molecule has 0 bridgehead atoms. The van der Waals surface area contributed by atoms with Crippen LogP contribution in [0.1, 0.15) is 42.1 Å². The van der Waals surface area contributed by atoms with Crippen LogP contribution in [0, 0.1) is 0 Å². The van der Waals surface area contributed by atoms with Gasteiger partial charge in [0.2, 0.25) is 0 Å². The predicted molar refractivity (Wildman–Crippen MR) is 89.7 cm³/mol. The van der Waals surface area contributed by atoms with Gasteiger partial charge in [0.1, 0.15) is 5.75 Å². The van der Waals surface area contributed by atoms with Gasteiger partial charge in [-0.05, 0) is 43.0 Å². The lowest BCUT2D eigenvalue weighted by Crippen LogP contribution is -2.23. The topological polar surface area (TPSA) is 21.3 Å². The highest BCUT2D eigenvalue weighted by Crippen LogP contribution is 2.37. The van der Waals surface area contributed by atoms with E-state index in [0.717, 1.165) is 18.6 Å². The van der Waals surface area contributed by atoms with Crippen LogP contribution in [0.5, 0.6) is 5.75 Å². The third-order valence-electron chi connectivity index (χ3n) is 4.27. The fourth-order valence-electron chi connectivity index (χ4n) is 3.20. The van der Waals surface area contributed by atoms with Crippen molar-refractivity contribution in [2.24, 2.45) is 0 Å². The smallest absolute Gasteiger partial charge is 0.123 e. The third-order valence-corrected chi connectivity index (χ3v) is 5.01. The molecule has 3 rings (SSSR count). The van der Waals surface area contributed by atoms with Gasteiger partial charge in [-0.2, -0.15) is 0 Å². The highest BCUT2D eigenvalue weighted by atomic mass is 79.9. The summed E-state index contributed by atoms with van der Waals surface area (Å²) in [5.74, 6) is 0.949. The average Bonchev–Trinajstić information content (AvgIpc) is 2.92. The lowest BCUT2D eigenvalue weighted by Gasteiger charge is -2.22. The molecule has 0 aliphatic heterocycles. The molecule has 0 saturated carbocycles. The molecule has 2 atom stereocenters. The minimum Gasteiger partial charge on any atom is -0.496 e. The molecule has 0 heterocycles. The van der Waals surface area contributed by atoms with E-state index in [9.17, 15) is 0 Å². The minimum absolute atomic E-state index is 0.260. The van der Waals surface area contributed by atoms with Crippen molar-refractivity contribution in [2.45, 2.75) is 31.8 Å². The number of nitrogens with one attached hydrogen (secondary N) is 1. The van der Waals surface area contributed by atoms with E-state index in [-0.39, 0.29) is 6.04 Å². The number of halogens is 1. The van der Waals surface area contributed by atoms with Crippen molar-refractivity contribution >= 4 is 15.9 Å². The molecule has 1 N–H and O–H groups in total. The van der Waals surface area contributed by atoms with Crippen molar-refractivity contribution in [3.8, 4) is 5.75 Å². The number of para-hydroxylation sites is 1. The highest BCUT2D eigenvalue weighted by Gasteiger charge is 2.25. The van der Waals surface area contributed by atoms with E-state index < -0.39 is 0 Å². The molecule has 1 aliphatic rings. The van der Waals surface area contributed by atoms with Crippen LogP contribution in [0.25, 0.3) is 0 Å². The van der Waals surface area contributed by atoms with Crippen LogP contribution in [0.15, 0.2) is 46.9 Å². The van der Waals surface area contributed by atoms with Gasteiger partial charge in [-0.25, -0.2) is 0 Å². The Bertz CT molecular complexity index is 641. The molecule has 2 nitrogen and oxygen atoms in total. The Morgan fingerprint density at radius 1 is 1.19 bits per heavy atom. The van der Waals surface area contributed by atoms with E-state index in [0.29, 0.717) is 6.04 Å². The number of rotatable bonds is 4. The van der Waals surface area contributed by atoms with Gasteiger partial charge in [0, 0.05) is 22.1 Å². The summed E-state index contributed by atoms with van der Waals surface area (Å²) in [6.45, 7) is 2.20. The second kappa shape index (κ2) is 6.20. The zero-order valence-electron chi connectivity index (χ0n) is 12.4. The van der Waals surface area contributed by atoms with E-state index >= 15 is 0 Å². The summed E-state index contributed by atoms with van der Waals surface area (Å²) in [4.78, 5) is 0. The van der Waals surface area contributed by atoms with E-state index in [1.54, 1.807) is 7.11 Å². The van der Waals surface area contributed by atoms with E-state index in [4.69, 9.17) is 4.74 Å². The summed E-state index contributed by atoms with van der Waals surface area (Å²) in [6, 6.07) is 15.4. The molecule has 3 heteroatoms. The summed E-state index contributed by atoms with van der Waals surface area (Å²) in [5, 5.41) is 3.75. The number of ether oxygens (including phenoxy) is 1. The molecule has 1 unspecified atom stereocenters. The van der Waals surface area contributed by atoms with Crippen LogP contribution in [0.3, 0.4) is 0 Å². The molecular weight excluding hydrogens is 326 g/mol. The van der Waals surface area contributed by atoms with Gasteiger partial charge in [0.05, 0.1) is 7.11 Å². The maximum Gasteiger partial charge on any atom is 0.123 e. The third kappa shape index (κ3) is 2.85. The molecule has 2 aromatic carbocycles. The molecule has 2 aromatic rings. The molecule has 0 spiro atoms. The first kappa shape index (κ1) is 14.6. The largest absolute Gasteiger partial charge is 0.496 e. The first-order valence-electron chi connectivity index (χ1n) is 7.37. The Labute approximate surface area is 134 Å². The molecule has 0 radical (unpaired) electrons. The fourth-order valence-corrected chi connectivity index (χ4v) is 3.78. The van der Waals surface area contributed by atoms with Gasteiger partial charge >= 0.3 is 0 Å². The summed E-state index contributed by atoms with van der Waals surface area (Å²) < 4.78 is 6.70. The van der Waals surface area contributed by atoms with Crippen LogP contribution in [-0.2, 0) is 6.42 Å². The summed E-state index contributed by atoms with van der Waals surface area (Å²) in [5.41, 5.74) is 4.08.